The van der Waals surface area contributed by atoms with Gasteiger partial charge in [-0.15, -0.1) is 11.3 Å². The molecule has 0 fully saturated rings. The van der Waals surface area contributed by atoms with Crippen molar-refractivity contribution in [3.05, 3.63) is 45.7 Å². The highest BCUT2D eigenvalue weighted by molar-refractivity contribution is 7.12. The molecular weight excluding hydrogens is 230 g/mol. The molecule has 0 bridgehead atoms. The summed E-state index contributed by atoms with van der Waals surface area (Å²) in [6.07, 6.45) is 3.63. The molecule has 0 amide bonds. The van der Waals surface area contributed by atoms with Gasteiger partial charge in [-0.2, -0.15) is 0 Å². The van der Waals surface area contributed by atoms with Crippen LogP contribution in [0, 0.1) is 13.8 Å². The van der Waals surface area contributed by atoms with E-state index in [2.05, 4.69) is 41.3 Å². The second-order valence-electron chi connectivity index (χ2n) is 4.20. The van der Waals surface area contributed by atoms with Crippen LogP contribution in [0.15, 0.2) is 24.5 Å². The third-order valence-electron chi connectivity index (χ3n) is 2.61. The highest BCUT2D eigenvalue weighted by Gasteiger charge is 2.07. The fourth-order valence-corrected chi connectivity index (χ4v) is 2.46. The number of thiophene rings is 1. The average molecular weight is 247 g/mol. The molecule has 2 aromatic rings. The minimum atomic E-state index is 0.358. The Morgan fingerprint density at radius 1 is 1.24 bits per heavy atom. The molecular formula is C13H17N3S. The van der Waals surface area contributed by atoms with Crippen LogP contribution >= 0.6 is 11.3 Å². The first-order valence-corrected chi connectivity index (χ1v) is 6.54. The Morgan fingerprint density at radius 3 is 2.65 bits per heavy atom. The van der Waals surface area contributed by atoms with E-state index in [4.69, 9.17) is 0 Å². The van der Waals surface area contributed by atoms with Crippen molar-refractivity contribution in [2.24, 2.45) is 0 Å². The third-order valence-corrected chi connectivity index (χ3v) is 3.80. The number of aromatic nitrogens is 2. The summed E-state index contributed by atoms with van der Waals surface area (Å²) in [5.41, 5.74) is 1.94. The Hall–Kier alpha value is -1.26. The molecule has 0 spiro atoms. The zero-order valence-electron chi connectivity index (χ0n) is 10.4. The predicted molar refractivity (Wildman–Crippen MR) is 71.1 cm³/mol. The van der Waals surface area contributed by atoms with Crippen LogP contribution in [-0.4, -0.2) is 9.97 Å². The molecule has 0 radical (unpaired) electrons. The van der Waals surface area contributed by atoms with Crippen molar-refractivity contribution in [1.29, 1.82) is 0 Å². The van der Waals surface area contributed by atoms with Crippen LogP contribution in [0.1, 0.15) is 34.1 Å². The first-order valence-electron chi connectivity index (χ1n) is 5.72. The molecule has 2 heterocycles. The van der Waals surface area contributed by atoms with E-state index in [-0.39, 0.29) is 0 Å². The van der Waals surface area contributed by atoms with Gasteiger partial charge in [0.25, 0.3) is 0 Å². The van der Waals surface area contributed by atoms with Gasteiger partial charge in [0.05, 0.1) is 11.4 Å². The Kier molecular flexibility index (Phi) is 3.86. The lowest BCUT2D eigenvalue weighted by Crippen LogP contribution is -2.18. The first-order chi connectivity index (χ1) is 8.15. The number of nitrogens with one attached hydrogen (secondary N) is 1. The Morgan fingerprint density at radius 2 is 2.06 bits per heavy atom. The van der Waals surface area contributed by atoms with Gasteiger partial charge in [0.1, 0.15) is 0 Å². The van der Waals surface area contributed by atoms with Crippen molar-refractivity contribution >= 4 is 11.3 Å². The Labute approximate surface area is 106 Å². The number of aryl methyl sites for hydroxylation is 2. The number of rotatable bonds is 4. The standard InChI is InChI=1S/C13H17N3S/c1-9-6-16-12(7-14-9)8-15-11(3)13-5-4-10(2)17-13/h4-7,11,15H,8H2,1-3H3. The maximum absolute atomic E-state index is 4.33. The average Bonchev–Trinajstić information content (AvgIpc) is 2.75. The van der Waals surface area contributed by atoms with Crippen LogP contribution in [-0.2, 0) is 6.54 Å². The molecule has 2 rings (SSSR count). The highest BCUT2D eigenvalue weighted by atomic mass is 32.1. The van der Waals surface area contributed by atoms with E-state index in [1.165, 1.54) is 9.75 Å². The molecule has 90 valence electrons. The molecule has 17 heavy (non-hydrogen) atoms. The largest absolute Gasteiger partial charge is 0.304 e. The minimum absolute atomic E-state index is 0.358. The highest BCUT2D eigenvalue weighted by Crippen LogP contribution is 2.22. The van der Waals surface area contributed by atoms with Crippen molar-refractivity contribution in [2.45, 2.75) is 33.4 Å². The van der Waals surface area contributed by atoms with E-state index in [1.54, 1.807) is 6.20 Å². The van der Waals surface area contributed by atoms with Gasteiger partial charge in [-0.05, 0) is 32.9 Å². The molecule has 0 aliphatic carbocycles. The lowest BCUT2D eigenvalue weighted by atomic mass is 10.2. The number of nitrogens with zero attached hydrogens (tertiary/aromatic N) is 2. The van der Waals surface area contributed by atoms with E-state index in [9.17, 15) is 0 Å². The lowest BCUT2D eigenvalue weighted by molar-refractivity contribution is 0.574. The lowest BCUT2D eigenvalue weighted by Gasteiger charge is -2.11. The van der Waals surface area contributed by atoms with Crippen LogP contribution in [0.25, 0.3) is 0 Å². The normalized spacial score (nSPS) is 12.6. The van der Waals surface area contributed by atoms with E-state index >= 15 is 0 Å². The summed E-state index contributed by atoms with van der Waals surface area (Å²) < 4.78 is 0. The molecule has 0 saturated carbocycles. The van der Waals surface area contributed by atoms with Gasteiger partial charge in [-0.25, -0.2) is 0 Å². The Bertz CT molecular complexity index is 476. The van der Waals surface area contributed by atoms with E-state index < -0.39 is 0 Å². The molecule has 3 nitrogen and oxygen atoms in total. The van der Waals surface area contributed by atoms with E-state index in [0.717, 1.165) is 17.9 Å². The maximum atomic E-state index is 4.33. The minimum Gasteiger partial charge on any atom is -0.304 e. The first kappa shape index (κ1) is 12.2. The second-order valence-corrected chi connectivity index (χ2v) is 5.52. The molecule has 0 aliphatic rings. The van der Waals surface area contributed by atoms with Gasteiger partial charge >= 0.3 is 0 Å². The molecule has 2 aromatic heterocycles. The fourth-order valence-electron chi connectivity index (χ4n) is 1.56. The monoisotopic (exact) mass is 247 g/mol. The topological polar surface area (TPSA) is 37.8 Å². The maximum Gasteiger partial charge on any atom is 0.0724 e. The fraction of sp³-hybridized carbons (Fsp3) is 0.385. The molecule has 4 heteroatoms. The van der Waals surface area contributed by atoms with Crippen LogP contribution in [0.3, 0.4) is 0 Å². The second kappa shape index (κ2) is 5.38. The van der Waals surface area contributed by atoms with Gasteiger partial charge in [0, 0.05) is 34.7 Å². The van der Waals surface area contributed by atoms with Crippen LogP contribution < -0.4 is 5.32 Å². The van der Waals surface area contributed by atoms with Crippen LogP contribution in [0.2, 0.25) is 0 Å². The van der Waals surface area contributed by atoms with Gasteiger partial charge in [-0.3, -0.25) is 9.97 Å². The summed E-state index contributed by atoms with van der Waals surface area (Å²) in [6.45, 7) is 7.01. The summed E-state index contributed by atoms with van der Waals surface area (Å²) >= 11 is 1.83. The van der Waals surface area contributed by atoms with Gasteiger partial charge in [-0.1, -0.05) is 0 Å². The smallest absolute Gasteiger partial charge is 0.0724 e. The van der Waals surface area contributed by atoms with Gasteiger partial charge in [0.2, 0.25) is 0 Å². The summed E-state index contributed by atoms with van der Waals surface area (Å²) in [6, 6.07) is 4.69. The van der Waals surface area contributed by atoms with E-state index in [1.807, 2.05) is 24.5 Å². The van der Waals surface area contributed by atoms with Crippen LogP contribution in [0.4, 0.5) is 0 Å². The van der Waals surface area contributed by atoms with Gasteiger partial charge in [0.15, 0.2) is 0 Å². The summed E-state index contributed by atoms with van der Waals surface area (Å²) in [5.74, 6) is 0. The number of hydrogen-bond donors (Lipinski definition) is 1. The van der Waals surface area contributed by atoms with Crippen LogP contribution in [0.5, 0.6) is 0 Å². The van der Waals surface area contributed by atoms with Crippen molar-refractivity contribution in [1.82, 2.24) is 15.3 Å². The summed E-state index contributed by atoms with van der Waals surface area (Å²) in [7, 11) is 0. The van der Waals surface area contributed by atoms with Crippen molar-refractivity contribution in [3.63, 3.8) is 0 Å². The third kappa shape index (κ3) is 3.35. The Balaban J connectivity index is 1.92. The predicted octanol–water partition coefficient (Wildman–Crippen LogP) is 3.01. The molecule has 0 saturated heterocycles. The summed E-state index contributed by atoms with van der Waals surface area (Å²) in [5, 5.41) is 3.46. The zero-order valence-corrected chi connectivity index (χ0v) is 11.2. The van der Waals surface area contributed by atoms with Crippen molar-refractivity contribution in [3.8, 4) is 0 Å². The molecule has 0 aliphatic heterocycles. The van der Waals surface area contributed by atoms with Gasteiger partial charge < -0.3 is 5.32 Å². The van der Waals surface area contributed by atoms with Crippen molar-refractivity contribution in [2.75, 3.05) is 0 Å². The quantitative estimate of drug-likeness (QED) is 0.902. The molecule has 1 unspecified atom stereocenters. The molecule has 1 N–H and O–H groups in total. The van der Waals surface area contributed by atoms with Crippen molar-refractivity contribution < 1.29 is 0 Å². The number of hydrogen-bond acceptors (Lipinski definition) is 4. The SMILES string of the molecule is Cc1cnc(CNC(C)c2ccc(C)s2)cn1. The molecule has 1 atom stereocenters. The van der Waals surface area contributed by atoms with E-state index in [0.29, 0.717) is 6.04 Å². The zero-order chi connectivity index (χ0) is 12.3. The summed E-state index contributed by atoms with van der Waals surface area (Å²) in [4.78, 5) is 11.3. The molecule has 0 aromatic carbocycles.